The Bertz CT molecular complexity index is 641. The van der Waals surface area contributed by atoms with Crippen LogP contribution in [0.25, 0.3) is 0 Å². The second-order valence-corrected chi connectivity index (χ2v) is 4.92. The zero-order valence-corrected chi connectivity index (χ0v) is 12.2. The lowest BCUT2D eigenvalue weighted by molar-refractivity contribution is -0.120. The minimum Gasteiger partial charge on any atom is -0.294 e. The highest BCUT2D eigenvalue weighted by molar-refractivity contribution is 5.96. The third kappa shape index (κ3) is 4.49. The smallest absolute Gasteiger partial charge is 0.230 e. The van der Waals surface area contributed by atoms with E-state index < -0.39 is 0 Å². The molecule has 0 aliphatic heterocycles. The Morgan fingerprint density at radius 3 is 2.27 bits per heavy atom. The summed E-state index contributed by atoms with van der Waals surface area (Å²) < 4.78 is 12.9. The van der Waals surface area contributed by atoms with Gasteiger partial charge in [0.25, 0.3) is 0 Å². The first-order valence-corrected chi connectivity index (χ1v) is 6.92. The predicted octanol–water partition coefficient (Wildman–Crippen LogP) is 2.78. The summed E-state index contributed by atoms with van der Waals surface area (Å²) in [5.41, 5.74) is 6.68. The highest BCUT2D eigenvalue weighted by atomic mass is 19.1. The number of amides is 1. The van der Waals surface area contributed by atoms with Gasteiger partial charge < -0.3 is 0 Å². The van der Waals surface area contributed by atoms with Crippen LogP contribution < -0.4 is 10.9 Å². The number of halogens is 1. The lowest BCUT2D eigenvalue weighted by atomic mass is 9.98. The molecule has 2 N–H and O–H groups in total. The van der Waals surface area contributed by atoms with Crippen molar-refractivity contribution in [1.82, 2.24) is 10.9 Å². The molecule has 114 valence electrons. The minimum absolute atomic E-state index is 0.133. The van der Waals surface area contributed by atoms with Crippen molar-refractivity contribution in [3.8, 4) is 0 Å². The molecular weight excluding hydrogens is 283 g/mol. The van der Waals surface area contributed by atoms with E-state index in [-0.39, 0.29) is 30.0 Å². The van der Waals surface area contributed by atoms with Gasteiger partial charge in [0.1, 0.15) is 5.82 Å². The van der Waals surface area contributed by atoms with Crippen molar-refractivity contribution >= 4 is 11.7 Å². The highest BCUT2D eigenvalue weighted by Gasteiger charge is 2.17. The van der Waals surface area contributed by atoms with E-state index in [0.29, 0.717) is 5.56 Å². The Morgan fingerprint density at radius 2 is 1.68 bits per heavy atom. The first-order valence-electron chi connectivity index (χ1n) is 6.92. The molecule has 1 atom stereocenters. The van der Waals surface area contributed by atoms with Crippen molar-refractivity contribution in [3.05, 3.63) is 71.5 Å². The average molecular weight is 300 g/mol. The van der Waals surface area contributed by atoms with E-state index >= 15 is 0 Å². The van der Waals surface area contributed by atoms with E-state index in [9.17, 15) is 14.0 Å². The zero-order chi connectivity index (χ0) is 15.9. The van der Waals surface area contributed by atoms with E-state index in [4.69, 9.17) is 0 Å². The first-order chi connectivity index (χ1) is 10.6. The number of rotatable bonds is 6. The second kappa shape index (κ2) is 7.47. The predicted molar refractivity (Wildman–Crippen MR) is 81.5 cm³/mol. The molecule has 0 aromatic heterocycles. The maximum absolute atomic E-state index is 12.9. The summed E-state index contributed by atoms with van der Waals surface area (Å²) in [5.74, 6) is -0.755. The van der Waals surface area contributed by atoms with Gasteiger partial charge in [-0.2, -0.15) is 0 Å². The van der Waals surface area contributed by atoms with Gasteiger partial charge in [0.2, 0.25) is 5.91 Å². The normalized spacial score (nSPS) is 11.7. The molecule has 0 saturated carbocycles. The summed E-state index contributed by atoms with van der Waals surface area (Å²) in [7, 11) is 0. The summed E-state index contributed by atoms with van der Waals surface area (Å²) in [5, 5.41) is 0. The van der Waals surface area contributed by atoms with Crippen LogP contribution in [-0.4, -0.2) is 11.7 Å². The van der Waals surface area contributed by atoms with Gasteiger partial charge in [-0.3, -0.25) is 15.0 Å². The summed E-state index contributed by atoms with van der Waals surface area (Å²) in [6.45, 7) is 1.39. The molecule has 0 radical (unpaired) electrons. The molecule has 4 nitrogen and oxygen atoms in total. The molecule has 0 bridgehead atoms. The van der Waals surface area contributed by atoms with Crippen LogP contribution in [-0.2, 0) is 4.79 Å². The van der Waals surface area contributed by atoms with Gasteiger partial charge >= 0.3 is 0 Å². The number of Topliss-reactive ketones (excluding diaryl/α,β-unsaturated/α-hetero) is 1. The number of hydrazine groups is 1. The number of hydrogen-bond donors (Lipinski definition) is 2. The average Bonchev–Trinajstić information content (AvgIpc) is 2.52. The van der Waals surface area contributed by atoms with Crippen molar-refractivity contribution < 1.29 is 14.0 Å². The van der Waals surface area contributed by atoms with Gasteiger partial charge in [-0.15, -0.1) is 0 Å². The minimum atomic E-state index is -0.382. The Labute approximate surface area is 128 Å². The van der Waals surface area contributed by atoms with E-state index in [1.54, 1.807) is 0 Å². The zero-order valence-electron chi connectivity index (χ0n) is 12.2. The molecule has 0 saturated heterocycles. The van der Waals surface area contributed by atoms with Crippen molar-refractivity contribution in [1.29, 1.82) is 0 Å². The van der Waals surface area contributed by atoms with Crippen LogP contribution in [0.1, 0.15) is 35.3 Å². The largest absolute Gasteiger partial charge is 0.294 e. The fraction of sp³-hybridized carbons (Fsp3) is 0.176. The maximum atomic E-state index is 12.9. The summed E-state index contributed by atoms with van der Waals surface area (Å²) in [6, 6.07) is 14.4. The first kappa shape index (κ1) is 15.9. The second-order valence-electron chi connectivity index (χ2n) is 4.92. The number of carbonyl (C=O) groups excluding carboxylic acids is 2. The SMILES string of the molecule is CC(=O)NNC(CC(=O)c1ccc(F)cc1)c1ccccc1. The van der Waals surface area contributed by atoms with Gasteiger partial charge in [0, 0.05) is 18.9 Å². The highest BCUT2D eigenvalue weighted by Crippen LogP contribution is 2.19. The molecule has 0 heterocycles. The van der Waals surface area contributed by atoms with Gasteiger partial charge in [-0.25, -0.2) is 9.82 Å². The Kier molecular flexibility index (Phi) is 5.38. The van der Waals surface area contributed by atoms with E-state index in [0.717, 1.165) is 5.56 Å². The molecular formula is C17H17FN2O2. The molecule has 5 heteroatoms. The van der Waals surface area contributed by atoms with E-state index in [1.807, 2.05) is 30.3 Å². The van der Waals surface area contributed by atoms with Crippen molar-refractivity contribution in [3.63, 3.8) is 0 Å². The molecule has 0 spiro atoms. The third-order valence-electron chi connectivity index (χ3n) is 3.18. The molecule has 2 rings (SSSR count). The standard InChI is InChI=1S/C17H17FN2O2/c1-12(21)19-20-16(13-5-3-2-4-6-13)11-17(22)14-7-9-15(18)10-8-14/h2-10,16,20H,11H2,1H3,(H,19,21). The maximum Gasteiger partial charge on any atom is 0.230 e. The van der Waals surface area contributed by atoms with Crippen LogP contribution >= 0.6 is 0 Å². The van der Waals surface area contributed by atoms with Crippen molar-refractivity contribution in [2.24, 2.45) is 0 Å². The molecule has 0 aliphatic rings. The van der Waals surface area contributed by atoms with Crippen LogP contribution in [0.2, 0.25) is 0 Å². The van der Waals surface area contributed by atoms with Gasteiger partial charge in [0.15, 0.2) is 5.78 Å². The lowest BCUT2D eigenvalue weighted by Gasteiger charge is -2.18. The quantitative estimate of drug-likeness (QED) is 0.637. The number of hydrogen-bond acceptors (Lipinski definition) is 3. The Morgan fingerprint density at radius 1 is 1.05 bits per heavy atom. The van der Waals surface area contributed by atoms with E-state index in [1.165, 1.54) is 31.2 Å². The summed E-state index contributed by atoms with van der Waals surface area (Å²) in [6.07, 6.45) is 0.149. The van der Waals surface area contributed by atoms with Gasteiger partial charge in [-0.1, -0.05) is 30.3 Å². The summed E-state index contributed by atoms with van der Waals surface area (Å²) in [4.78, 5) is 23.4. The van der Waals surface area contributed by atoms with E-state index in [2.05, 4.69) is 10.9 Å². The fourth-order valence-electron chi connectivity index (χ4n) is 2.07. The fourth-order valence-corrected chi connectivity index (χ4v) is 2.07. The Hall–Kier alpha value is -2.53. The van der Waals surface area contributed by atoms with Gasteiger partial charge in [0.05, 0.1) is 6.04 Å². The Balaban J connectivity index is 2.13. The number of carbonyl (C=O) groups is 2. The van der Waals surface area contributed by atoms with Crippen LogP contribution in [0.5, 0.6) is 0 Å². The molecule has 0 aliphatic carbocycles. The number of ketones is 1. The number of nitrogens with one attached hydrogen (secondary N) is 2. The van der Waals surface area contributed by atoms with Crippen LogP contribution in [0.15, 0.2) is 54.6 Å². The van der Waals surface area contributed by atoms with Crippen LogP contribution in [0.4, 0.5) is 4.39 Å². The van der Waals surface area contributed by atoms with Crippen LogP contribution in [0.3, 0.4) is 0 Å². The molecule has 2 aromatic carbocycles. The van der Waals surface area contributed by atoms with Crippen LogP contribution in [0, 0.1) is 5.82 Å². The third-order valence-corrected chi connectivity index (χ3v) is 3.18. The molecule has 22 heavy (non-hydrogen) atoms. The summed E-state index contributed by atoms with van der Waals surface area (Å²) >= 11 is 0. The van der Waals surface area contributed by atoms with Crippen molar-refractivity contribution in [2.75, 3.05) is 0 Å². The molecule has 2 aromatic rings. The van der Waals surface area contributed by atoms with Gasteiger partial charge in [-0.05, 0) is 29.8 Å². The molecule has 1 unspecified atom stereocenters. The topological polar surface area (TPSA) is 58.2 Å². The number of benzene rings is 2. The monoisotopic (exact) mass is 300 g/mol. The molecule has 0 fully saturated rings. The van der Waals surface area contributed by atoms with Crippen molar-refractivity contribution in [2.45, 2.75) is 19.4 Å². The molecule has 1 amide bonds. The lowest BCUT2D eigenvalue weighted by Crippen LogP contribution is -2.39.